The number of ether oxygens (including phenoxy) is 1. The highest BCUT2D eigenvalue weighted by Crippen LogP contribution is 2.29. The molecule has 0 aliphatic carbocycles. The average molecular weight is 544 g/mol. The van der Waals surface area contributed by atoms with Crippen molar-refractivity contribution in [2.75, 3.05) is 68.0 Å². The highest BCUT2D eigenvalue weighted by molar-refractivity contribution is 9.10. The summed E-state index contributed by atoms with van der Waals surface area (Å²) in [7, 11) is 0. The minimum absolute atomic E-state index is 0.122. The number of urea groups is 1. The number of amides is 3. The van der Waals surface area contributed by atoms with E-state index in [2.05, 4.69) is 48.6 Å². The second-order valence-electron chi connectivity index (χ2n) is 9.20. The fraction of sp³-hybridized carbons (Fsp3) is 0.462. The Kier molecular flexibility index (Phi) is 9.01. The Morgan fingerprint density at radius 3 is 2.43 bits per heavy atom. The SMILES string of the molecule is CC1CCN(c2ccc(NC(=O)Nc3cccc(Br)c3)cc2C(=O)NCCN2CCOCC2)CC1. The van der Waals surface area contributed by atoms with Crippen molar-refractivity contribution >= 4 is 44.9 Å². The lowest BCUT2D eigenvalue weighted by Gasteiger charge is -2.33. The van der Waals surface area contributed by atoms with Crippen LogP contribution in [0.25, 0.3) is 0 Å². The number of nitrogens with zero attached hydrogens (tertiary/aromatic N) is 2. The predicted octanol–water partition coefficient (Wildman–Crippen LogP) is 4.39. The molecule has 4 rings (SSSR count). The van der Waals surface area contributed by atoms with Gasteiger partial charge in [0, 0.05) is 60.8 Å². The average Bonchev–Trinajstić information content (AvgIpc) is 2.85. The smallest absolute Gasteiger partial charge is 0.323 e. The Morgan fingerprint density at radius 2 is 1.71 bits per heavy atom. The molecule has 3 N–H and O–H groups in total. The molecule has 2 saturated heterocycles. The second kappa shape index (κ2) is 12.4. The summed E-state index contributed by atoms with van der Waals surface area (Å²) < 4.78 is 6.28. The third-order valence-corrected chi connectivity index (χ3v) is 7.02. The van der Waals surface area contributed by atoms with Crippen LogP contribution in [0.3, 0.4) is 0 Å². The largest absolute Gasteiger partial charge is 0.379 e. The van der Waals surface area contributed by atoms with Crippen molar-refractivity contribution in [1.82, 2.24) is 10.2 Å². The maximum absolute atomic E-state index is 13.3. The van der Waals surface area contributed by atoms with Crippen LogP contribution in [0.4, 0.5) is 21.9 Å². The van der Waals surface area contributed by atoms with Crippen molar-refractivity contribution in [1.29, 1.82) is 0 Å². The van der Waals surface area contributed by atoms with E-state index in [1.54, 1.807) is 6.07 Å². The van der Waals surface area contributed by atoms with E-state index < -0.39 is 0 Å². The van der Waals surface area contributed by atoms with Gasteiger partial charge in [0.05, 0.1) is 18.8 Å². The van der Waals surface area contributed by atoms with Crippen molar-refractivity contribution in [2.24, 2.45) is 5.92 Å². The first-order valence-corrected chi connectivity index (χ1v) is 13.1. The van der Waals surface area contributed by atoms with E-state index in [9.17, 15) is 9.59 Å². The van der Waals surface area contributed by atoms with Crippen LogP contribution in [0.15, 0.2) is 46.9 Å². The molecule has 35 heavy (non-hydrogen) atoms. The molecular formula is C26H34BrN5O3. The summed E-state index contributed by atoms with van der Waals surface area (Å²) in [5.41, 5.74) is 2.75. The van der Waals surface area contributed by atoms with Gasteiger partial charge in [-0.25, -0.2) is 4.79 Å². The molecule has 0 radical (unpaired) electrons. The van der Waals surface area contributed by atoms with E-state index in [0.717, 1.165) is 68.9 Å². The van der Waals surface area contributed by atoms with Crippen molar-refractivity contribution in [2.45, 2.75) is 19.8 Å². The third-order valence-electron chi connectivity index (χ3n) is 6.52. The quantitative estimate of drug-likeness (QED) is 0.482. The number of halogens is 1. The Labute approximate surface area is 215 Å². The molecule has 2 heterocycles. The van der Waals surface area contributed by atoms with Gasteiger partial charge in [-0.05, 0) is 55.2 Å². The zero-order chi connectivity index (χ0) is 24.6. The summed E-state index contributed by atoms with van der Waals surface area (Å²) >= 11 is 3.41. The first-order valence-electron chi connectivity index (χ1n) is 12.3. The van der Waals surface area contributed by atoms with Crippen molar-refractivity contribution < 1.29 is 14.3 Å². The summed E-state index contributed by atoms with van der Waals surface area (Å²) in [6.45, 7) is 8.72. The Balaban J connectivity index is 1.45. The van der Waals surface area contributed by atoms with Gasteiger partial charge in [0.1, 0.15) is 0 Å². The predicted molar refractivity (Wildman–Crippen MR) is 143 cm³/mol. The number of anilines is 3. The molecule has 2 aromatic rings. The number of hydrogen-bond donors (Lipinski definition) is 3. The summed E-state index contributed by atoms with van der Waals surface area (Å²) in [4.78, 5) is 30.4. The van der Waals surface area contributed by atoms with Crippen LogP contribution in [0.1, 0.15) is 30.1 Å². The maximum atomic E-state index is 13.3. The van der Waals surface area contributed by atoms with Crippen LogP contribution < -0.4 is 20.9 Å². The normalized spacial score (nSPS) is 17.1. The Bertz CT molecular complexity index is 1020. The number of piperidine rings is 1. The van der Waals surface area contributed by atoms with E-state index in [-0.39, 0.29) is 11.9 Å². The lowest BCUT2D eigenvalue weighted by molar-refractivity contribution is 0.0383. The zero-order valence-electron chi connectivity index (χ0n) is 20.2. The Hall–Kier alpha value is -2.62. The summed E-state index contributed by atoms with van der Waals surface area (Å²) in [6, 6.07) is 12.6. The van der Waals surface area contributed by atoms with Crippen LogP contribution >= 0.6 is 15.9 Å². The van der Waals surface area contributed by atoms with Gasteiger partial charge >= 0.3 is 6.03 Å². The summed E-state index contributed by atoms with van der Waals surface area (Å²) in [6.07, 6.45) is 2.21. The van der Waals surface area contributed by atoms with Gasteiger partial charge in [0.25, 0.3) is 5.91 Å². The molecule has 8 nitrogen and oxygen atoms in total. The van der Waals surface area contributed by atoms with Crippen molar-refractivity contribution in [3.63, 3.8) is 0 Å². The highest BCUT2D eigenvalue weighted by Gasteiger charge is 2.22. The minimum Gasteiger partial charge on any atom is -0.379 e. The van der Waals surface area contributed by atoms with Crippen LogP contribution in [0.5, 0.6) is 0 Å². The van der Waals surface area contributed by atoms with E-state index in [4.69, 9.17) is 4.74 Å². The maximum Gasteiger partial charge on any atom is 0.323 e. The van der Waals surface area contributed by atoms with Crippen LogP contribution in [-0.4, -0.2) is 69.3 Å². The van der Waals surface area contributed by atoms with Crippen LogP contribution in [-0.2, 0) is 4.74 Å². The number of carbonyl (C=O) groups is 2. The van der Waals surface area contributed by atoms with E-state index in [0.29, 0.717) is 29.4 Å². The molecule has 2 fully saturated rings. The summed E-state index contributed by atoms with van der Waals surface area (Å²) in [5.74, 6) is 0.572. The summed E-state index contributed by atoms with van der Waals surface area (Å²) in [5, 5.41) is 8.77. The van der Waals surface area contributed by atoms with Gasteiger partial charge in [-0.3, -0.25) is 9.69 Å². The number of hydrogen-bond acceptors (Lipinski definition) is 5. The number of carbonyl (C=O) groups excluding carboxylic acids is 2. The monoisotopic (exact) mass is 543 g/mol. The lowest BCUT2D eigenvalue weighted by atomic mass is 9.98. The molecule has 3 amide bonds. The molecule has 0 bridgehead atoms. The third kappa shape index (κ3) is 7.43. The fourth-order valence-electron chi connectivity index (χ4n) is 4.43. The standard InChI is InChI=1S/C26H34BrN5O3/c1-19-7-10-32(11-8-19)24-6-5-22(30-26(34)29-21-4-2-3-20(27)17-21)18-23(24)25(33)28-9-12-31-13-15-35-16-14-31/h2-6,17-19H,7-16H2,1H3,(H,28,33)(H2,29,30,34). The molecular weight excluding hydrogens is 510 g/mol. The molecule has 2 aliphatic heterocycles. The lowest BCUT2D eigenvalue weighted by Crippen LogP contribution is -2.41. The molecule has 188 valence electrons. The number of nitrogens with one attached hydrogen (secondary N) is 3. The van der Waals surface area contributed by atoms with Crippen LogP contribution in [0, 0.1) is 5.92 Å². The van der Waals surface area contributed by atoms with Gasteiger partial charge in [0.15, 0.2) is 0 Å². The molecule has 2 aromatic carbocycles. The minimum atomic E-state index is -0.360. The molecule has 0 unspecified atom stereocenters. The van der Waals surface area contributed by atoms with Gasteiger partial charge in [0.2, 0.25) is 0 Å². The van der Waals surface area contributed by atoms with Crippen molar-refractivity contribution in [3.05, 3.63) is 52.5 Å². The van der Waals surface area contributed by atoms with Gasteiger partial charge in [-0.15, -0.1) is 0 Å². The van der Waals surface area contributed by atoms with Gasteiger partial charge in [-0.2, -0.15) is 0 Å². The van der Waals surface area contributed by atoms with E-state index in [1.807, 2.05) is 36.4 Å². The molecule has 0 saturated carbocycles. The molecule has 0 spiro atoms. The van der Waals surface area contributed by atoms with E-state index in [1.165, 1.54) is 0 Å². The van der Waals surface area contributed by atoms with Gasteiger partial charge in [-0.1, -0.05) is 28.9 Å². The zero-order valence-corrected chi connectivity index (χ0v) is 21.8. The Morgan fingerprint density at radius 1 is 1.00 bits per heavy atom. The number of rotatable bonds is 7. The number of morpholine rings is 1. The van der Waals surface area contributed by atoms with Gasteiger partial charge < -0.3 is 25.6 Å². The molecule has 2 aliphatic rings. The molecule has 0 atom stereocenters. The topological polar surface area (TPSA) is 85.9 Å². The van der Waals surface area contributed by atoms with Crippen LogP contribution in [0.2, 0.25) is 0 Å². The number of benzene rings is 2. The first-order chi connectivity index (χ1) is 17.0. The highest BCUT2D eigenvalue weighted by atomic mass is 79.9. The second-order valence-corrected chi connectivity index (χ2v) is 10.1. The fourth-order valence-corrected chi connectivity index (χ4v) is 4.83. The van der Waals surface area contributed by atoms with Crippen molar-refractivity contribution in [3.8, 4) is 0 Å². The molecule has 9 heteroatoms. The first kappa shape index (κ1) is 25.5. The van der Waals surface area contributed by atoms with E-state index >= 15 is 0 Å². The molecule has 0 aromatic heterocycles.